The molecular formula is C20H31N. The van der Waals surface area contributed by atoms with Gasteiger partial charge in [0.05, 0.1) is 0 Å². The molecule has 116 valence electrons. The van der Waals surface area contributed by atoms with Crippen molar-refractivity contribution in [2.24, 2.45) is 0 Å². The average Bonchev–Trinajstić information content (AvgIpc) is 2.38. The maximum Gasteiger partial charge on any atom is 0.0246 e. The zero-order valence-corrected chi connectivity index (χ0v) is 14.9. The van der Waals surface area contributed by atoms with Crippen LogP contribution < -0.4 is 5.32 Å². The van der Waals surface area contributed by atoms with Crippen LogP contribution in [-0.4, -0.2) is 12.6 Å². The van der Waals surface area contributed by atoms with E-state index in [4.69, 9.17) is 0 Å². The van der Waals surface area contributed by atoms with Gasteiger partial charge < -0.3 is 5.32 Å². The predicted molar refractivity (Wildman–Crippen MR) is 93.9 cm³/mol. The Labute approximate surface area is 131 Å². The maximum atomic E-state index is 3.56. The lowest BCUT2D eigenvalue weighted by Gasteiger charge is -2.24. The molecule has 0 fully saturated rings. The predicted octanol–water partition coefficient (Wildman–Crippen LogP) is 4.53. The summed E-state index contributed by atoms with van der Waals surface area (Å²) in [6.07, 6.45) is 1.98. The van der Waals surface area contributed by atoms with Crippen LogP contribution in [0.2, 0.25) is 0 Å². The van der Waals surface area contributed by atoms with Crippen LogP contribution in [0.25, 0.3) is 0 Å². The third-order valence-corrected chi connectivity index (χ3v) is 4.03. The lowest BCUT2D eigenvalue weighted by Crippen LogP contribution is -2.31. The molecule has 1 unspecified atom stereocenters. The SMILES string of the molecule is CC#CCC(Cc1c(C)cc(C(C)(C)C)cc1C)NCC. The second kappa shape index (κ2) is 7.66. The maximum absolute atomic E-state index is 3.56. The van der Waals surface area contributed by atoms with Crippen LogP contribution in [0.3, 0.4) is 0 Å². The van der Waals surface area contributed by atoms with Crippen LogP contribution >= 0.6 is 0 Å². The number of aryl methyl sites for hydroxylation is 2. The lowest BCUT2D eigenvalue weighted by atomic mass is 9.83. The molecule has 0 bridgehead atoms. The Hall–Kier alpha value is -1.26. The molecule has 0 amide bonds. The zero-order valence-electron chi connectivity index (χ0n) is 14.9. The summed E-state index contributed by atoms with van der Waals surface area (Å²) in [4.78, 5) is 0. The van der Waals surface area contributed by atoms with Crippen LogP contribution in [0.1, 0.15) is 63.3 Å². The van der Waals surface area contributed by atoms with Gasteiger partial charge in [0, 0.05) is 12.5 Å². The Bertz CT molecular complexity index is 500. The van der Waals surface area contributed by atoms with Crippen molar-refractivity contribution < 1.29 is 0 Å². The minimum absolute atomic E-state index is 0.211. The summed E-state index contributed by atoms with van der Waals surface area (Å²) in [5, 5.41) is 3.56. The first-order chi connectivity index (χ1) is 9.79. The van der Waals surface area contributed by atoms with E-state index in [1.54, 1.807) is 0 Å². The van der Waals surface area contributed by atoms with E-state index in [0.29, 0.717) is 6.04 Å². The van der Waals surface area contributed by atoms with Crippen LogP contribution in [-0.2, 0) is 11.8 Å². The lowest BCUT2D eigenvalue weighted by molar-refractivity contribution is 0.532. The molecule has 0 spiro atoms. The van der Waals surface area contributed by atoms with Crippen molar-refractivity contribution in [2.75, 3.05) is 6.54 Å². The second-order valence-electron chi connectivity index (χ2n) is 6.93. The van der Waals surface area contributed by atoms with E-state index in [1.807, 2.05) is 6.92 Å². The number of hydrogen-bond acceptors (Lipinski definition) is 1. The summed E-state index contributed by atoms with van der Waals surface area (Å²) >= 11 is 0. The van der Waals surface area contributed by atoms with Crippen molar-refractivity contribution >= 4 is 0 Å². The van der Waals surface area contributed by atoms with E-state index < -0.39 is 0 Å². The number of rotatable bonds is 5. The fourth-order valence-corrected chi connectivity index (χ4v) is 2.73. The summed E-state index contributed by atoms with van der Waals surface area (Å²) in [7, 11) is 0. The molecule has 0 aliphatic carbocycles. The van der Waals surface area contributed by atoms with E-state index in [2.05, 4.69) is 70.8 Å². The van der Waals surface area contributed by atoms with Crippen LogP contribution in [0.4, 0.5) is 0 Å². The van der Waals surface area contributed by atoms with Crippen molar-refractivity contribution in [1.82, 2.24) is 5.32 Å². The molecule has 1 rings (SSSR count). The highest BCUT2D eigenvalue weighted by molar-refractivity contribution is 5.41. The van der Waals surface area contributed by atoms with E-state index in [-0.39, 0.29) is 5.41 Å². The van der Waals surface area contributed by atoms with Crippen LogP contribution in [0.15, 0.2) is 12.1 Å². The summed E-state index contributed by atoms with van der Waals surface area (Å²) in [5.41, 5.74) is 5.93. The Morgan fingerprint density at radius 3 is 2.14 bits per heavy atom. The Balaban J connectivity index is 3.03. The van der Waals surface area contributed by atoms with E-state index in [1.165, 1.54) is 22.3 Å². The molecule has 0 aliphatic heterocycles. The molecule has 1 aromatic rings. The summed E-state index contributed by atoms with van der Waals surface area (Å²) in [5.74, 6) is 6.23. The monoisotopic (exact) mass is 285 g/mol. The highest BCUT2D eigenvalue weighted by Crippen LogP contribution is 2.27. The zero-order chi connectivity index (χ0) is 16.0. The standard InChI is InChI=1S/C20H31N/c1-8-10-11-18(21-9-2)14-19-15(3)12-17(13-16(19)4)20(5,6)7/h12-13,18,21H,9,11,14H2,1-7H3. The summed E-state index contributed by atoms with van der Waals surface area (Å²) in [6.45, 7) is 16.4. The summed E-state index contributed by atoms with van der Waals surface area (Å²) < 4.78 is 0. The van der Waals surface area contributed by atoms with E-state index in [9.17, 15) is 0 Å². The molecule has 1 aromatic carbocycles. The first kappa shape index (κ1) is 17.8. The van der Waals surface area contributed by atoms with Gasteiger partial charge in [0.2, 0.25) is 0 Å². The topological polar surface area (TPSA) is 12.0 Å². The van der Waals surface area contributed by atoms with Crippen molar-refractivity contribution in [3.05, 3.63) is 34.4 Å². The molecule has 1 heteroatoms. The first-order valence-corrected chi connectivity index (χ1v) is 8.03. The van der Waals surface area contributed by atoms with Crippen molar-refractivity contribution in [3.8, 4) is 11.8 Å². The van der Waals surface area contributed by atoms with Gasteiger partial charge in [0.1, 0.15) is 0 Å². The molecule has 1 atom stereocenters. The van der Waals surface area contributed by atoms with Crippen molar-refractivity contribution in [2.45, 2.75) is 72.8 Å². The van der Waals surface area contributed by atoms with Gasteiger partial charge >= 0.3 is 0 Å². The van der Waals surface area contributed by atoms with Gasteiger partial charge in [-0.2, -0.15) is 0 Å². The number of nitrogens with one attached hydrogen (secondary N) is 1. The Morgan fingerprint density at radius 2 is 1.71 bits per heavy atom. The van der Waals surface area contributed by atoms with Gasteiger partial charge in [-0.05, 0) is 61.4 Å². The van der Waals surface area contributed by atoms with Crippen LogP contribution in [0, 0.1) is 25.7 Å². The normalized spacial score (nSPS) is 12.7. The molecule has 0 saturated heterocycles. The summed E-state index contributed by atoms with van der Waals surface area (Å²) in [6, 6.07) is 5.16. The molecule has 0 saturated carbocycles. The number of benzene rings is 1. The van der Waals surface area contributed by atoms with Gasteiger partial charge in [-0.1, -0.05) is 39.8 Å². The molecule has 21 heavy (non-hydrogen) atoms. The minimum atomic E-state index is 0.211. The molecule has 0 aliphatic rings. The third kappa shape index (κ3) is 5.21. The molecule has 1 N–H and O–H groups in total. The Kier molecular flexibility index (Phi) is 6.49. The highest BCUT2D eigenvalue weighted by atomic mass is 14.9. The van der Waals surface area contributed by atoms with Gasteiger partial charge in [-0.15, -0.1) is 11.8 Å². The smallest absolute Gasteiger partial charge is 0.0246 e. The fourth-order valence-electron chi connectivity index (χ4n) is 2.73. The van der Waals surface area contributed by atoms with E-state index >= 15 is 0 Å². The van der Waals surface area contributed by atoms with Gasteiger partial charge in [-0.3, -0.25) is 0 Å². The molecular weight excluding hydrogens is 254 g/mol. The van der Waals surface area contributed by atoms with Crippen molar-refractivity contribution in [3.63, 3.8) is 0 Å². The Morgan fingerprint density at radius 1 is 1.14 bits per heavy atom. The minimum Gasteiger partial charge on any atom is -0.313 e. The largest absolute Gasteiger partial charge is 0.313 e. The average molecular weight is 285 g/mol. The molecule has 0 radical (unpaired) electrons. The van der Waals surface area contributed by atoms with Gasteiger partial charge in [0.15, 0.2) is 0 Å². The second-order valence-corrected chi connectivity index (χ2v) is 6.93. The molecule has 0 aromatic heterocycles. The molecule has 0 heterocycles. The first-order valence-electron chi connectivity index (χ1n) is 8.03. The van der Waals surface area contributed by atoms with E-state index in [0.717, 1.165) is 19.4 Å². The van der Waals surface area contributed by atoms with Crippen molar-refractivity contribution in [1.29, 1.82) is 0 Å². The molecule has 1 nitrogen and oxygen atoms in total. The van der Waals surface area contributed by atoms with Gasteiger partial charge in [-0.25, -0.2) is 0 Å². The van der Waals surface area contributed by atoms with Gasteiger partial charge in [0.25, 0.3) is 0 Å². The fraction of sp³-hybridized carbons (Fsp3) is 0.600. The highest BCUT2D eigenvalue weighted by Gasteiger charge is 2.17. The third-order valence-electron chi connectivity index (χ3n) is 4.03. The van der Waals surface area contributed by atoms with Crippen LogP contribution in [0.5, 0.6) is 0 Å². The number of hydrogen-bond donors (Lipinski definition) is 1. The quantitative estimate of drug-likeness (QED) is 0.783. The number of likely N-dealkylation sites (N-methyl/N-ethyl adjacent to an activating group) is 1.